The summed E-state index contributed by atoms with van der Waals surface area (Å²) in [5.41, 5.74) is 3.07. The Hall–Kier alpha value is -2.58. The van der Waals surface area contributed by atoms with Crippen molar-refractivity contribution < 1.29 is 4.79 Å². The molecule has 3 heteroatoms. The van der Waals surface area contributed by atoms with Crippen LogP contribution in [-0.2, 0) is 11.2 Å². The number of benzene rings is 3. The number of nitrogens with one attached hydrogen (secondary N) is 1. The first kappa shape index (κ1) is 16.3. The fraction of sp³-hybridized carbons (Fsp3) is 0.0952. The SMILES string of the molecule is O=C(Cc1ccc(Cl)cc1)NC(c1ccccc1)c1ccccc1. The summed E-state index contributed by atoms with van der Waals surface area (Å²) in [5.74, 6) is -0.0185. The molecule has 0 aliphatic rings. The predicted octanol–water partition coefficient (Wildman–Crippen LogP) is 4.79. The van der Waals surface area contributed by atoms with Crippen molar-refractivity contribution >= 4 is 17.5 Å². The molecule has 0 aliphatic heterocycles. The van der Waals surface area contributed by atoms with Crippen LogP contribution < -0.4 is 5.32 Å². The quantitative estimate of drug-likeness (QED) is 0.713. The second kappa shape index (κ2) is 7.80. The summed E-state index contributed by atoms with van der Waals surface area (Å²) in [6.07, 6.45) is 0.327. The van der Waals surface area contributed by atoms with E-state index < -0.39 is 0 Å². The van der Waals surface area contributed by atoms with Gasteiger partial charge in [-0.3, -0.25) is 4.79 Å². The Labute approximate surface area is 147 Å². The molecule has 1 amide bonds. The summed E-state index contributed by atoms with van der Waals surface area (Å²) in [6.45, 7) is 0. The maximum absolute atomic E-state index is 12.5. The number of carbonyl (C=O) groups is 1. The molecule has 3 aromatic rings. The van der Waals surface area contributed by atoms with Crippen molar-refractivity contribution in [3.05, 3.63) is 107 Å². The van der Waals surface area contributed by atoms with Crippen LogP contribution in [0.25, 0.3) is 0 Å². The lowest BCUT2D eigenvalue weighted by Gasteiger charge is -2.20. The molecule has 3 aromatic carbocycles. The van der Waals surface area contributed by atoms with Gasteiger partial charge in [-0.15, -0.1) is 0 Å². The van der Waals surface area contributed by atoms with Crippen molar-refractivity contribution in [1.82, 2.24) is 5.32 Å². The van der Waals surface area contributed by atoms with E-state index in [-0.39, 0.29) is 11.9 Å². The van der Waals surface area contributed by atoms with E-state index in [9.17, 15) is 4.79 Å². The average molecular weight is 336 g/mol. The molecular formula is C21H18ClNO. The molecule has 24 heavy (non-hydrogen) atoms. The minimum Gasteiger partial charge on any atom is -0.345 e. The minimum absolute atomic E-state index is 0.0185. The third kappa shape index (κ3) is 4.24. The standard InChI is InChI=1S/C21H18ClNO/c22-19-13-11-16(12-14-19)15-20(24)23-21(17-7-3-1-4-8-17)18-9-5-2-6-10-18/h1-14,21H,15H2,(H,23,24). The number of rotatable bonds is 5. The molecule has 120 valence electrons. The first-order valence-corrected chi connectivity index (χ1v) is 8.24. The van der Waals surface area contributed by atoms with Gasteiger partial charge in [0.25, 0.3) is 0 Å². The summed E-state index contributed by atoms with van der Waals surface area (Å²) >= 11 is 5.89. The highest BCUT2D eigenvalue weighted by Crippen LogP contribution is 2.22. The first-order chi connectivity index (χ1) is 11.7. The molecule has 3 rings (SSSR count). The molecule has 0 saturated carbocycles. The van der Waals surface area contributed by atoms with Crippen molar-refractivity contribution in [3.8, 4) is 0 Å². The van der Waals surface area contributed by atoms with Crippen LogP contribution in [0.5, 0.6) is 0 Å². The topological polar surface area (TPSA) is 29.1 Å². The highest BCUT2D eigenvalue weighted by atomic mass is 35.5. The molecule has 0 aromatic heterocycles. The monoisotopic (exact) mass is 335 g/mol. The molecule has 0 atom stereocenters. The van der Waals surface area contributed by atoms with E-state index in [1.54, 1.807) is 12.1 Å². The van der Waals surface area contributed by atoms with Crippen LogP contribution >= 0.6 is 11.6 Å². The zero-order valence-electron chi connectivity index (χ0n) is 13.2. The lowest BCUT2D eigenvalue weighted by molar-refractivity contribution is -0.120. The number of hydrogen-bond acceptors (Lipinski definition) is 1. The molecule has 0 bridgehead atoms. The summed E-state index contributed by atoms with van der Waals surface area (Å²) in [6, 6.07) is 27.2. The van der Waals surface area contributed by atoms with Crippen LogP contribution in [0.15, 0.2) is 84.9 Å². The first-order valence-electron chi connectivity index (χ1n) is 7.86. The summed E-state index contributed by atoms with van der Waals surface area (Å²) in [4.78, 5) is 12.5. The Morgan fingerprint density at radius 1 is 0.792 bits per heavy atom. The Kier molecular flexibility index (Phi) is 5.29. The Balaban J connectivity index is 1.79. The van der Waals surface area contributed by atoms with Gasteiger partial charge in [-0.2, -0.15) is 0 Å². The number of hydrogen-bond donors (Lipinski definition) is 1. The average Bonchev–Trinajstić information content (AvgIpc) is 2.63. The number of halogens is 1. The summed E-state index contributed by atoms with van der Waals surface area (Å²) in [7, 11) is 0. The predicted molar refractivity (Wildman–Crippen MR) is 98.0 cm³/mol. The van der Waals surface area contributed by atoms with Gasteiger partial charge in [0.05, 0.1) is 12.5 Å². The lowest BCUT2D eigenvalue weighted by Crippen LogP contribution is -2.30. The third-order valence-electron chi connectivity index (χ3n) is 3.85. The van der Waals surface area contributed by atoms with Gasteiger partial charge in [0.1, 0.15) is 0 Å². The van der Waals surface area contributed by atoms with Gasteiger partial charge >= 0.3 is 0 Å². The zero-order chi connectivity index (χ0) is 16.8. The van der Waals surface area contributed by atoms with E-state index in [2.05, 4.69) is 5.32 Å². The summed E-state index contributed by atoms with van der Waals surface area (Å²) < 4.78 is 0. The van der Waals surface area contributed by atoms with Crippen molar-refractivity contribution in [2.24, 2.45) is 0 Å². The van der Waals surface area contributed by atoms with E-state index in [1.807, 2.05) is 72.8 Å². The van der Waals surface area contributed by atoms with Gasteiger partial charge in [-0.25, -0.2) is 0 Å². The van der Waals surface area contributed by atoms with Crippen LogP contribution in [0, 0.1) is 0 Å². The molecule has 0 unspecified atom stereocenters. The van der Waals surface area contributed by atoms with E-state index in [0.717, 1.165) is 16.7 Å². The van der Waals surface area contributed by atoms with Crippen LogP contribution in [0.1, 0.15) is 22.7 Å². The van der Waals surface area contributed by atoms with E-state index in [0.29, 0.717) is 11.4 Å². The molecular weight excluding hydrogens is 318 g/mol. The minimum atomic E-state index is -0.160. The van der Waals surface area contributed by atoms with Gasteiger partial charge in [0.2, 0.25) is 5.91 Å². The van der Waals surface area contributed by atoms with Crippen molar-refractivity contribution in [1.29, 1.82) is 0 Å². The fourth-order valence-corrected chi connectivity index (χ4v) is 2.78. The normalized spacial score (nSPS) is 10.6. The second-order valence-electron chi connectivity index (χ2n) is 5.63. The number of amides is 1. The fourth-order valence-electron chi connectivity index (χ4n) is 2.65. The van der Waals surface area contributed by atoms with Crippen LogP contribution in [0.4, 0.5) is 0 Å². The zero-order valence-corrected chi connectivity index (χ0v) is 13.9. The van der Waals surface area contributed by atoms with E-state index in [1.165, 1.54) is 0 Å². The van der Waals surface area contributed by atoms with Crippen LogP contribution in [0.2, 0.25) is 5.02 Å². The maximum atomic E-state index is 12.5. The Bertz CT molecular complexity index is 746. The summed E-state index contributed by atoms with van der Waals surface area (Å²) in [5, 5.41) is 3.81. The lowest BCUT2D eigenvalue weighted by atomic mass is 9.98. The molecule has 0 radical (unpaired) electrons. The molecule has 0 heterocycles. The van der Waals surface area contributed by atoms with Gasteiger partial charge in [0, 0.05) is 5.02 Å². The highest BCUT2D eigenvalue weighted by molar-refractivity contribution is 6.30. The van der Waals surface area contributed by atoms with Crippen molar-refractivity contribution in [2.45, 2.75) is 12.5 Å². The number of carbonyl (C=O) groups excluding carboxylic acids is 1. The third-order valence-corrected chi connectivity index (χ3v) is 4.10. The molecule has 1 N–H and O–H groups in total. The van der Waals surface area contributed by atoms with Gasteiger partial charge < -0.3 is 5.32 Å². The Morgan fingerprint density at radius 2 is 1.29 bits per heavy atom. The molecule has 0 aliphatic carbocycles. The molecule has 0 fully saturated rings. The second-order valence-corrected chi connectivity index (χ2v) is 6.06. The van der Waals surface area contributed by atoms with E-state index in [4.69, 9.17) is 11.6 Å². The molecule has 0 spiro atoms. The molecule has 0 saturated heterocycles. The van der Waals surface area contributed by atoms with Gasteiger partial charge in [-0.1, -0.05) is 84.4 Å². The van der Waals surface area contributed by atoms with Crippen molar-refractivity contribution in [3.63, 3.8) is 0 Å². The Morgan fingerprint density at radius 3 is 1.79 bits per heavy atom. The highest BCUT2D eigenvalue weighted by Gasteiger charge is 2.16. The molecule has 2 nitrogen and oxygen atoms in total. The largest absolute Gasteiger partial charge is 0.345 e. The van der Waals surface area contributed by atoms with Crippen molar-refractivity contribution in [2.75, 3.05) is 0 Å². The maximum Gasteiger partial charge on any atom is 0.225 e. The van der Waals surface area contributed by atoms with Crippen LogP contribution in [-0.4, -0.2) is 5.91 Å². The van der Waals surface area contributed by atoms with Crippen LogP contribution in [0.3, 0.4) is 0 Å². The van der Waals surface area contributed by atoms with Gasteiger partial charge in [0.15, 0.2) is 0 Å². The van der Waals surface area contributed by atoms with E-state index >= 15 is 0 Å². The smallest absolute Gasteiger partial charge is 0.225 e. The van der Waals surface area contributed by atoms with Gasteiger partial charge in [-0.05, 0) is 28.8 Å².